The molecule has 0 aliphatic carbocycles. The van der Waals surface area contributed by atoms with Gasteiger partial charge in [0.05, 0.1) is 22.3 Å². The maximum atomic E-state index is 13.2. The minimum absolute atomic E-state index is 0.101. The Kier molecular flexibility index (Phi) is 3.74. The predicted molar refractivity (Wildman–Crippen MR) is 99.1 cm³/mol. The molecule has 4 aliphatic heterocycles. The van der Waals surface area contributed by atoms with Gasteiger partial charge in [-0.3, -0.25) is 14.5 Å². The van der Waals surface area contributed by atoms with Crippen molar-refractivity contribution >= 4 is 40.8 Å². The van der Waals surface area contributed by atoms with Gasteiger partial charge in [0.25, 0.3) is 11.8 Å². The zero-order valence-corrected chi connectivity index (χ0v) is 14.7. The highest BCUT2D eigenvalue weighted by molar-refractivity contribution is 6.36. The summed E-state index contributed by atoms with van der Waals surface area (Å²) in [6, 6.07) is 1.45. The first-order chi connectivity index (χ1) is 11.9. The van der Waals surface area contributed by atoms with Crippen molar-refractivity contribution in [2.45, 2.75) is 18.9 Å². The zero-order valence-electron chi connectivity index (χ0n) is 13.9. The lowest BCUT2D eigenvalue weighted by molar-refractivity contribution is -0.128. The van der Waals surface area contributed by atoms with E-state index in [9.17, 15) is 9.59 Å². The zero-order chi connectivity index (χ0) is 17.9. The third-order valence-electron chi connectivity index (χ3n) is 5.74. The van der Waals surface area contributed by atoms with Crippen molar-refractivity contribution in [2.75, 3.05) is 25.4 Å². The van der Waals surface area contributed by atoms with Gasteiger partial charge in [0.15, 0.2) is 0 Å². The number of piperidine rings is 3. The minimum Gasteiger partial charge on any atom is -0.397 e. The van der Waals surface area contributed by atoms with Crippen molar-refractivity contribution in [3.8, 4) is 0 Å². The predicted octanol–water partition coefficient (Wildman–Crippen LogP) is 2.66. The van der Waals surface area contributed by atoms with E-state index in [0.717, 1.165) is 32.5 Å². The van der Waals surface area contributed by atoms with Crippen LogP contribution < -0.4 is 5.73 Å². The summed E-state index contributed by atoms with van der Waals surface area (Å²) in [6.45, 7) is 10.5. The van der Waals surface area contributed by atoms with E-state index in [1.165, 1.54) is 11.0 Å². The maximum Gasteiger partial charge on any atom is 0.261 e. The molecule has 2 amide bonds. The molecule has 25 heavy (non-hydrogen) atoms. The number of carbonyl (C=O) groups is 2. The molecule has 130 valence electrons. The van der Waals surface area contributed by atoms with Crippen LogP contribution in [0.1, 0.15) is 34.3 Å². The monoisotopic (exact) mass is 357 g/mol. The lowest BCUT2D eigenvalue weighted by Gasteiger charge is -2.49. The smallest absolute Gasteiger partial charge is 0.261 e. The van der Waals surface area contributed by atoms with Gasteiger partial charge in [0.2, 0.25) is 0 Å². The summed E-state index contributed by atoms with van der Waals surface area (Å²) in [7, 11) is 0. The van der Waals surface area contributed by atoms with Crippen LogP contribution in [0.5, 0.6) is 0 Å². The van der Waals surface area contributed by atoms with Crippen LogP contribution >= 0.6 is 11.6 Å². The number of nitrogen functional groups attached to an aromatic ring is 1. The number of hydrogen-bond acceptors (Lipinski definition) is 4. The molecule has 0 spiro atoms. The van der Waals surface area contributed by atoms with Crippen molar-refractivity contribution in [2.24, 2.45) is 5.92 Å². The summed E-state index contributed by atoms with van der Waals surface area (Å²) < 4.78 is 0. The number of carbonyl (C=O) groups excluding carboxylic acids is 2. The molecule has 4 aliphatic rings. The molecule has 0 saturated carbocycles. The van der Waals surface area contributed by atoms with Gasteiger partial charge in [-0.05, 0) is 37.9 Å². The number of halogens is 1. The lowest BCUT2D eigenvalue weighted by atomic mass is 9.80. The van der Waals surface area contributed by atoms with Crippen LogP contribution in [0.4, 0.5) is 5.69 Å². The molecule has 0 radical (unpaired) electrons. The molecule has 1 unspecified atom stereocenters. The molecule has 3 saturated heterocycles. The highest BCUT2D eigenvalue weighted by Crippen LogP contribution is 2.41. The van der Waals surface area contributed by atoms with Crippen molar-refractivity contribution in [3.63, 3.8) is 0 Å². The fourth-order valence-electron chi connectivity index (χ4n) is 4.39. The number of fused-ring (bicyclic) bond motifs is 4. The molecule has 5 nitrogen and oxygen atoms in total. The van der Waals surface area contributed by atoms with Crippen molar-refractivity contribution in [1.82, 2.24) is 9.80 Å². The van der Waals surface area contributed by atoms with Crippen molar-refractivity contribution in [3.05, 3.63) is 40.9 Å². The minimum atomic E-state index is -0.332. The number of hydrogen-bond donors (Lipinski definition) is 1. The van der Waals surface area contributed by atoms with Crippen LogP contribution in [-0.2, 0) is 4.79 Å². The standard InChI is InChI=1S/C19H20ClN3O2/c1-3-12-16-10(2)18(24)23(15-9-22-6-4-11(15)5-7-22)19(25)13(16)8-14(20)17(12)21/h3,8,11,15H,1-2,4-7,9,21H2. The third-order valence-corrected chi connectivity index (χ3v) is 6.06. The number of benzene rings is 1. The molecule has 2 bridgehead atoms. The van der Waals surface area contributed by atoms with Crippen LogP contribution in [0.3, 0.4) is 0 Å². The normalized spacial score (nSPS) is 28.3. The third kappa shape index (κ3) is 2.26. The summed E-state index contributed by atoms with van der Waals surface area (Å²) in [5.74, 6) is -0.285. The Balaban J connectivity index is 1.84. The summed E-state index contributed by atoms with van der Waals surface area (Å²) >= 11 is 6.21. The Morgan fingerprint density at radius 3 is 2.48 bits per heavy atom. The Morgan fingerprint density at radius 1 is 1.24 bits per heavy atom. The van der Waals surface area contributed by atoms with Crippen LogP contribution in [0, 0.1) is 5.92 Å². The average Bonchev–Trinajstić information content (AvgIpc) is 2.63. The molecule has 3 fully saturated rings. The molecule has 2 N–H and O–H groups in total. The molecule has 4 heterocycles. The van der Waals surface area contributed by atoms with E-state index in [2.05, 4.69) is 18.1 Å². The van der Waals surface area contributed by atoms with E-state index in [4.69, 9.17) is 17.3 Å². The quantitative estimate of drug-likeness (QED) is 0.502. The molecule has 6 heteroatoms. The van der Waals surface area contributed by atoms with E-state index >= 15 is 0 Å². The largest absolute Gasteiger partial charge is 0.397 e. The van der Waals surface area contributed by atoms with E-state index < -0.39 is 0 Å². The molecule has 1 aromatic carbocycles. The van der Waals surface area contributed by atoms with Gasteiger partial charge in [0.1, 0.15) is 0 Å². The fraction of sp³-hybridized carbons (Fsp3) is 0.368. The Labute approximate surface area is 151 Å². The highest BCUT2D eigenvalue weighted by atomic mass is 35.5. The van der Waals surface area contributed by atoms with Crippen LogP contribution in [0.25, 0.3) is 11.6 Å². The van der Waals surface area contributed by atoms with Gasteiger partial charge in [-0.2, -0.15) is 0 Å². The summed E-state index contributed by atoms with van der Waals surface area (Å²) in [5.41, 5.74) is 7.95. The van der Waals surface area contributed by atoms with E-state index in [1.807, 2.05) is 0 Å². The average molecular weight is 358 g/mol. The van der Waals surface area contributed by atoms with Gasteiger partial charge in [-0.15, -0.1) is 0 Å². The summed E-state index contributed by atoms with van der Waals surface area (Å²) in [5, 5.41) is 0.290. The van der Waals surface area contributed by atoms with Gasteiger partial charge in [-0.1, -0.05) is 30.8 Å². The number of nitrogens with two attached hydrogens (primary N) is 1. The molecule has 1 aromatic rings. The highest BCUT2D eigenvalue weighted by Gasteiger charge is 2.46. The molecular formula is C19H20ClN3O2. The van der Waals surface area contributed by atoms with Gasteiger partial charge in [0, 0.05) is 23.2 Å². The second kappa shape index (κ2) is 5.71. The van der Waals surface area contributed by atoms with Crippen molar-refractivity contribution < 1.29 is 9.59 Å². The van der Waals surface area contributed by atoms with Gasteiger partial charge in [-0.25, -0.2) is 0 Å². The number of imide groups is 1. The van der Waals surface area contributed by atoms with Crippen LogP contribution in [0.2, 0.25) is 5.02 Å². The first kappa shape index (κ1) is 16.4. The Morgan fingerprint density at radius 2 is 1.92 bits per heavy atom. The first-order valence-electron chi connectivity index (χ1n) is 8.48. The topological polar surface area (TPSA) is 66.6 Å². The molecular weight excluding hydrogens is 338 g/mol. The number of rotatable bonds is 2. The number of nitrogens with zero attached hydrogens (tertiary/aromatic N) is 2. The van der Waals surface area contributed by atoms with Gasteiger partial charge >= 0.3 is 0 Å². The maximum absolute atomic E-state index is 13.2. The fourth-order valence-corrected chi connectivity index (χ4v) is 4.60. The molecule has 0 aromatic heterocycles. The Hall–Kier alpha value is -2.11. The number of anilines is 1. The SMILES string of the molecule is C=Cc1c(N)c(Cl)cc2c1C(=C)C(=O)N(C1CN3CCC1CC3)C2=O. The first-order valence-corrected chi connectivity index (χ1v) is 8.85. The van der Waals surface area contributed by atoms with Crippen LogP contribution in [0.15, 0.2) is 19.2 Å². The van der Waals surface area contributed by atoms with Crippen LogP contribution in [-0.4, -0.2) is 47.3 Å². The second-order valence-electron chi connectivity index (χ2n) is 6.98. The van der Waals surface area contributed by atoms with E-state index in [1.54, 1.807) is 6.07 Å². The van der Waals surface area contributed by atoms with E-state index in [0.29, 0.717) is 28.3 Å². The Bertz CT molecular complexity index is 824. The molecule has 1 atom stereocenters. The van der Waals surface area contributed by atoms with Gasteiger partial charge < -0.3 is 10.6 Å². The van der Waals surface area contributed by atoms with Crippen molar-refractivity contribution in [1.29, 1.82) is 0 Å². The van der Waals surface area contributed by atoms with E-state index in [-0.39, 0.29) is 28.5 Å². The number of amides is 2. The molecule has 5 rings (SSSR count). The summed E-state index contributed by atoms with van der Waals surface area (Å²) in [4.78, 5) is 29.9. The lowest BCUT2D eigenvalue weighted by Crippen LogP contribution is -2.61. The summed E-state index contributed by atoms with van der Waals surface area (Å²) in [6.07, 6.45) is 3.55. The second-order valence-corrected chi connectivity index (χ2v) is 7.38.